The molecule has 206 valence electrons. The highest BCUT2D eigenvalue weighted by Gasteiger charge is 2.53. The van der Waals surface area contributed by atoms with Gasteiger partial charge in [0.05, 0.1) is 12.6 Å². The third-order valence-electron chi connectivity index (χ3n) is 7.89. The molecule has 0 saturated carbocycles. The van der Waals surface area contributed by atoms with E-state index in [9.17, 15) is 19.2 Å². The maximum Gasteiger partial charge on any atom is 0.415 e. The van der Waals surface area contributed by atoms with Crippen molar-refractivity contribution in [2.24, 2.45) is 5.92 Å². The monoisotopic (exact) mass is 532 g/mol. The van der Waals surface area contributed by atoms with Gasteiger partial charge in [0.2, 0.25) is 5.91 Å². The molecule has 0 radical (unpaired) electrons. The summed E-state index contributed by atoms with van der Waals surface area (Å²) in [7, 11) is 0. The average Bonchev–Trinajstić information content (AvgIpc) is 3.68. The lowest BCUT2D eigenvalue weighted by atomic mass is 9.97. The summed E-state index contributed by atoms with van der Waals surface area (Å²) < 4.78 is 5.51. The van der Waals surface area contributed by atoms with Gasteiger partial charge in [0.25, 0.3) is 5.91 Å². The minimum atomic E-state index is -0.731. The van der Waals surface area contributed by atoms with Crippen molar-refractivity contribution in [2.75, 3.05) is 26.2 Å². The summed E-state index contributed by atoms with van der Waals surface area (Å²) in [4.78, 5) is 59.2. The summed E-state index contributed by atoms with van der Waals surface area (Å²) in [6, 6.07) is 15.8. The Bertz CT molecular complexity index is 1200. The van der Waals surface area contributed by atoms with E-state index in [-0.39, 0.29) is 36.1 Å². The number of ketones is 1. The van der Waals surface area contributed by atoms with Crippen LogP contribution in [0.25, 0.3) is 0 Å². The molecule has 3 amide bonds. The van der Waals surface area contributed by atoms with Crippen molar-refractivity contribution < 1.29 is 23.9 Å². The quantitative estimate of drug-likeness (QED) is 0.589. The summed E-state index contributed by atoms with van der Waals surface area (Å²) in [5.74, 6) is -0.0255. The van der Waals surface area contributed by atoms with E-state index in [0.29, 0.717) is 37.2 Å². The molecule has 4 atom stereocenters. The number of hydrogen-bond donors (Lipinski definition) is 1. The van der Waals surface area contributed by atoms with Crippen LogP contribution >= 0.6 is 0 Å². The van der Waals surface area contributed by atoms with Crippen LogP contribution in [-0.2, 0) is 9.59 Å². The molecule has 3 aliphatic heterocycles. The maximum absolute atomic E-state index is 14.3. The highest BCUT2D eigenvalue weighted by atomic mass is 16.6. The van der Waals surface area contributed by atoms with Crippen molar-refractivity contribution in [3.8, 4) is 5.75 Å². The van der Waals surface area contributed by atoms with Gasteiger partial charge in [-0.1, -0.05) is 50.2 Å². The van der Waals surface area contributed by atoms with Gasteiger partial charge in [0.15, 0.2) is 5.78 Å². The Kier molecular flexibility index (Phi) is 7.97. The Balaban J connectivity index is 1.40. The number of fused-ring (bicyclic) bond motifs is 1. The highest BCUT2D eigenvalue weighted by molar-refractivity contribution is 6.00. The number of benzene rings is 2. The van der Waals surface area contributed by atoms with Gasteiger partial charge in [-0.3, -0.25) is 19.3 Å². The third-order valence-corrected chi connectivity index (χ3v) is 7.89. The van der Waals surface area contributed by atoms with Crippen molar-refractivity contribution in [2.45, 2.75) is 57.3 Å². The molecule has 3 aliphatic rings. The normalized spacial score (nSPS) is 23.2. The molecule has 3 saturated heterocycles. The Morgan fingerprint density at radius 3 is 2.33 bits per heavy atom. The second-order valence-electron chi connectivity index (χ2n) is 11.0. The highest BCUT2D eigenvalue weighted by Crippen LogP contribution is 2.33. The second-order valence-corrected chi connectivity index (χ2v) is 11.0. The van der Waals surface area contributed by atoms with Crippen LogP contribution in [0, 0.1) is 5.92 Å². The predicted molar refractivity (Wildman–Crippen MR) is 145 cm³/mol. The van der Waals surface area contributed by atoms with Gasteiger partial charge in [0, 0.05) is 24.7 Å². The van der Waals surface area contributed by atoms with Gasteiger partial charge < -0.3 is 19.9 Å². The van der Waals surface area contributed by atoms with Gasteiger partial charge in [-0.05, 0) is 56.0 Å². The number of para-hydroxylation sites is 1. The molecule has 0 spiro atoms. The largest absolute Gasteiger partial charge is 0.415 e. The first-order chi connectivity index (χ1) is 18.8. The zero-order valence-electron chi connectivity index (χ0n) is 22.5. The number of nitrogens with zero attached hydrogens (tertiary/aromatic N) is 3. The Labute approximate surface area is 229 Å². The van der Waals surface area contributed by atoms with Crippen LogP contribution in [-0.4, -0.2) is 88.7 Å². The van der Waals surface area contributed by atoms with Crippen LogP contribution in [0.1, 0.15) is 43.5 Å². The fourth-order valence-electron chi connectivity index (χ4n) is 6.10. The van der Waals surface area contributed by atoms with E-state index >= 15 is 0 Å². The number of hydrogen-bond acceptors (Lipinski definition) is 6. The van der Waals surface area contributed by atoms with Gasteiger partial charge in [-0.25, -0.2) is 4.79 Å². The Morgan fingerprint density at radius 1 is 1.00 bits per heavy atom. The zero-order chi connectivity index (χ0) is 27.5. The van der Waals surface area contributed by atoms with Crippen LogP contribution in [0.15, 0.2) is 60.7 Å². The molecule has 2 aromatic carbocycles. The number of carbonyl (C=O) groups is 4. The van der Waals surface area contributed by atoms with E-state index < -0.39 is 24.2 Å². The molecule has 5 rings (SSSR count). The summed E-state index contributed by atoms with van der Waals surface area (Å²) in [6.45, 7) is 5.71. The fraction of sp³-hybridized carbons (Fsp3) is 0.467. The molecule has 2 aromatic rings. The summed E-state index contributed by atoms with van der Waals surface area (Å²) in [5, 5.41) is 3.33. The fourth-order valence-corrected chi connectivity index (χ4v) is 6.10. The number of nitrogens with one attached hydrogen (secondary N) is 1. The van der Waals surface area contributed by atoms with Crippen molar-refractivity contribution in [1.29, 1.82) is 0 Å². The van der Waals surface area contributed by atoms with Crippen molar-refractivity contribution in [1.82, 2.24) is 20.0 Å². The molecule has 39 heavy (non-hydrogen) atoms. The van der Waals surface area contributed by atoms with E-state index in [0.717, 1.165) is 13.0 Å². The van der Waals surface area contributed by atoms with E-state index in [1.807, 2.05) is 38.1 Å². The molecule has 0 bridgehead atoms. The minimum absolute atomic E-state index is 0.0984. The SMILES string of the molecule is CC(C)CC(C(=O)N1CCC2C1C(=O)CN2C(=O)Oc1ccccc1)N(C(=O)c1ccccc1)C1CCNC1. The molecule has 4 unspecified atom stereocenters. The molecule has 0 aromatic heterocycles. The number of rotatable bonds is 7. The van der Waals surface area contributed by atoms with Gasteiger partial charge in [-0.2, -0.15) is 0 Å². The summed E-state index contributed by atoms with van der Waals surface area (Å²) in [5.41, 5.74) is 0.539. The van der Waals surface area contributed by atoms with E-state index in [1.54, 1.807) is 46.2 Å². The number of Topliss-reactive ketones (excluding diaryl/α,β-unsaturated/α-hetero) is 1. The van der Waals surface area contributed by atoms with Crippen LogP contribution in [0.4, 0.5) is 4.79 Å². The van der Waals surface area contributed by atoms with E-state index in [2.05, 4.69) is 5.32 Å². The van der Waals surface area contributed by atoms with Crippen molar-refractivity contribution in [3.63, 3.8) is 0 Å². The number of carbonyl (C=O) groups excluding carboxylic acids is 4. The van der Waals surface area contributed by atoms with Gasteiger partial charge in [-0.15, -0.1) is 0 Å². The van der Waals surface area contributed by atoms with E-state index in [1.165, 1.54) is 4.90 Å². The minimum Gasteiger partial charge on any atom is -0.410 e. The molecule has 9 heteroatoms. The first kappa shape index (κ1) is 26.9. The lowest BCUT2D eigenvalue weighted by Crippen LogP contribution is -2.57. The molecule has 3 heterocycles. The van der Waals surface area contributed by atoms with Crippen molar-refractivity contribution in [3.05, 3.63) is 66.2 Å². The number of amides is 3. The van der Waals surface area contributed by atoms with Crippen LogP contribution in [0.2, 0.25) is 0 Å². The molecule has 9 nitrogen and oxygen atoms in total. The zero-order valence-corrected chi connectivity index (χ0v) is 22.5. The van der Waals surface area contributed by atoms with E-state index in [4.69, 9.17) is 4.74 Å². The molecule has 0 aliphatic carbocycles. The second kappa shape index (κ2) is 11.6. The van der Waals surface area contributed by atoms with Crippen molar-refractivity contribution >= 4 is 23.7 Å². The molecule has 3 fully saturated rings. The van der Waals surface area contributed by atoms with Crippen LogP contribution in [0.5, 0.6) is 5.75 Å². The predicted octanol–water partition coefficient (Wildman–Crippen LogP) is 2.96. The topological polar surface area (TPSA) is 99.3 Å². The molecule has 1 N–H and O–H groups in total. The first-order valence-electron chi connectivity index (χ1n) is 13.8. The van der Waals surface area contributed by atoms with Crippen LogP contribution in [0.3, 0.4) is 0 Å². The van der Waals surface area contributed by atoms with Gasteiger partial charge in [0.1, 0.15) is 17.8 Å². The number of likely N-dealkylation sites (tertiary alicyclic amines) is 2. The number of ether oxygens (including phenoxy) is 1. The standard InChI is InChI=1S/C30H36N4O5/c1-20(2)17-25(34(22-13-15-31-18-22)28(36)21-9-5-3-6-10-21)29(37)32-16-14-24-27(32)26(35)19-33(24)30(38)39-23-11-7-4-8-12-23/h3-12,20,22,24-25,27,31H,13-19H2,1-2H3. The Morgan fingerprint density at radius 2 is 1.69 bits per heavy atom. The molecular formula is C30H36N4O5. The van der Waals surface area contributed by atoms with Crippen LogP contribution < -0.4 is 10.1 Å². The lowest BCUT2D eigenvalue weighted by Gasteiger charge is -2.39. The maximum atomic E-state index is 14.3. The average molecular weight is 533 g/mol. The lowest BCUT2D eigenvalue weighted by molar-refractivity contribution is -0.141. The summed E-state index contributed by atoms with van der Waals surface area (Å²) in [6.07, 6.45) is 1.13. The third kappa shape index (κ3) is 5.54. The first-order valence-corrected chi connectivity index (χ1v) is 13.8. The van der Waals surface area contributed by atoms with Gasteiger partial charge >= 0.3 is 6.09 Å². The molecular weight excluding hydrogens is 496 g/mol. The Hall–Kier alpha value is -3.72. The smallest absolute Gasteiger partial charge is 0.410 e. The summed E-state index contributed by atoms with van der Waals surface area (Å²) >= 11 is 0.